The van der Waals surface area contributed by atoms with Gasteiger partial charge < -0.3 is 14.7 Å². The number of hydrogen-bond acceptors (Lipinski definition) is 4. The molecule has 1 fully saturated rings. The van der Waals surface area contributed by atoms with Gasteiger partial charge in [0, 0.05) is 45.0 Å². The first-order chi connectivity index (χ1) is 10.2. The van der Waals surface area contributed by atoms with Crippen LogP contribution in [-0.2, 0) is 0 Å². The SMILES string of the molecule is CC(C)COc1ccc(N2CCN(CCCO)CC2)cc1. The van der Waals surface area contributed by atoms with Crippen LogP contribution >= 0.6 is 0 Å². The second-order valence-electron chi connectivity index (χ2n) is 6.10. The molecule has 0 saturated carbocycles. The van der Waals surface area contributed by atoms with Crippen molar-refractivity contribution in [2.75, 3.05) is 50.8 Å². The maximum absolute atomic E-state index is 8.88. The molecule has 1 N–H and O–H groups in total. The summed E-state index contributed by atoms with van der Waals surface area (Å²) in [7, 11) is 0. The minimum atomic E-state index is 0.290. The Balaban J connectivity index is 1.80. The Bertz CT molecular complexity index is 398. The molecule has 118 valence electrons. The molecule has 1 aliphatic rings. The van der Waals surface area contributed by atoms with Gasteiger partial charge in [0.15, 0.2) is 0 Å². The molecule has 2 rings (SSSR count). The average Bonchev–Trinajstić information content (AvgIpc) is 2.52. The van der Waals surface area contributed by atoms with Gasteiger partial charge in [0.25, 0.3) is 0 Å². The van der Waals surface area contributed by atoms with Crippen molar-refractivity contribution < 1.29 is 9.84 Å². The minimum absolute atomic E-state index is 0.290. The molecule has 0 atom stereocenters. The van der Waals surface area contributed by atoms with Crippen LogP contribution in [0.2, 0.25) is 0 Å². The second kappa shape index (κ2) is 8.25. The number of benzene rings is 1. The van der Waals surface area contributed by atoms with Gasteiger partial charge in [-0.15, -0.1) is 0 Å². The number of rotatable bonds is 7. The van der Waals surface area contributed by atoms with Crippen molar-refractivity contribution in [1.29, 1.82) is 0 Å². The Morgan fingerprint density at radius 1 is 1.10 bits per heavy atom. The van der Waals surface area contributed by atoms with Crippen LogP contribution in [0, 0.1) is 5.92 Å². The summed E-state index contributed by atoms with van der Waals surface area (Å²) in [5, 5.41) is 8.88. The van der Waals surface area contributed by atoms with Gasteiger partial charge in [-0.05, 0) is 36.6 Å². The predicted molar refractivity (Wildman–Crippen MR) is 87.1 cm³/mol. The van der Waals surface area contributed by atoms with Gasteiger partial charge in [-0.3, -0.25) is 4.90 Å². The third kappa shape index (κ3) is 5.21. The lowest BCUT2D eigenvalue weighted by Crippen LogP contribution is -2.46. The minimum Gasteiger partial charge on any atom is -0.493 e. The number of nitrogens with zero attached hydrogens (tertiary/aromatic N) is 2. The van der Waals surface area contributed by atoms with E-state index in [1.165, 1.54) is 5.69 Å². The fourth-order valence-electron chi connectivity index (χ4n) is 2.54. The van der Waals surface area contributed by atoms with E-state index in [4.69, 9.17) is 9.84 Å². The fourth-order valence-corrected chi connectivity index (χ4v) is 2.54. The van der Waals surface area contributed by atoms with Crippen molar-refractivity contribution in [3.8, 4) is 5.75 Å². The number of aliphatic hydroxyl groups excluding tert-OH is 1. The Morgan fingerprint density at radius 3 is 2.33 bits per heavy atom. The standard InChI is InChI=1S/C17H28N2O2/c1-15(2)14-21-17-6-4-16(5-7-17)19-11-9-18(10-12-19)8-3-13-20/h4-7,15,20H,3,8-14H2,1-2H3. The highest BCUT2D eigenvalue weighted by molar-refractivity contribution is 5.49. The second-order valence-corrected chi connectivity index (χ2v) is 6.10. The summed E-state index contributed by atoms with van der Waals surface area (Å²) in [6.45, 7) is 10.6. The molecule has 1 aromatic rings. The highest BCUT2D eigenvalue weighted by atomic mass is 16.5. The van der Waals surface area contributed by atoms with E-state index in [0.29, 0.717) is 5.92 Å². The van der Waals surface area contributed by atoms with Crippen molar-refractivity contribution >= 4 is 5.69 Å². The summed E-state index contributed by atoms with van der Waals surface area (Å²) in [5.41, 5.74) is 1.27. The van der Waals surface area contributed by atoms with Gasteiger partial charge in [0.1, 0.15) is 5.75 Å². The van der Waals surface area contributed by atoms with Crippen molar-refractivity contribution in [1.82, 2.24) is 4.90 Å². The molecule has 1 heterocycles. The molecule has 0 radical (unpaired) electrons. The van der Waals surface area contributed by atoms with Crippen LogP contribution in [0.4, 0.5) is 5.69 Å². The number of hydrogen-bond donors (Lipinski definition) is 1. The molecule has 0 aromatic heterocycles. The van der Waals surface area contributed by atoms with E-state index >= 15 is 0 Å². The predicted octanol–water partition coefficient (Wildman–Crippen LogP) is 2.23. The van der Waals surface area contributed by atoms with Crippen molar-refractivity contribution in [2.45, 2.75) is 20.3 Å². The third-order valence-corrected chi connectivity index (χ3v) is 3.79. The van der Waals surface area contributed by atoms with Gasteiger partial charge in [-0.25, -0.2) is 0 Å². The number of piperazine rings is 1. The lowest BCUT2D eigenvalue weighted by Gasteiger charge is -2.36. The zero-order valence-electron chi connectivity index (χ0n) is 13.3. The van der Waals surface area contributed by atoms with Crippen LogP contribution in [0.15, 0.2) is 24.3 Å². The summed E-state index contributed by atoms with van der Waals surface area (Å²) in [5.74, 6) is 1.51. The fraction of sp³-hybridized carbons (Fsp3) is 0.647. The van der Waals surface area contributed by atoms with Gasteiger partial charge in [-0.2, -0.15) is 0 Å². The Morgan fingerprint density at radius 2 is 1.76 bits per heavy atom. The third-order valence-electron chi connectivity index (χ3n) is 3.79. The summed E-state index contributed by atoms with van der Waals surface area (Å²) in [4.78, 5) is 4.84. The molecule has 0 bridgehead atoms. The molecule has 0 unspecified atom stereocenters. The topological polar surface area (TPSA) is 35.9 Å². The smallest absolute Gasteiger partial charge is 0.119 e. The summed E-state index contributed by atoms with van der Waals surface area (Å²) >= 11 is 0. The molecule has 1 aliphatic heterocycles. The Hall–Kier alpha value is -1.26. The molecule has 0 aliphatic carbocycles. The highest BCUT2D eigenvalue weighted by Crippen LogP contribution is 2.21. The van der Waals surface area contributed by atoms with Gasteiger partial charge in [-0.1, -0.05) is 13.8 Å². The first kappa shape index (κ1) is 16.1. The van der Waals surface area contributed by atoms with E-state index in [9.17, 15) is 0 Å². The molecule has 1 saturated heterocycles. The van der Waals surface area contributed by atoms with Gasteiger partial charge in [0.2, 0.25) is 0 Å². The lowest BCUT2D eigenvalue weighted by atomic mass is 10.2. The van der Waals surface area contributed by atoms with Crippen LogP contribution < -0.4 is 9.64 Å². The molecular formula is C17H28N2O2. The van der Waals surface area contributed by atoms with Crippen LogP contribution in [0.5, 0.6) is 5.75 Å². The quantitative estimate of drug-likeness (QED) is 0.836. The van der Waals surface area contributed by atoms with Gasteiger partial charge in [0.05, 0.1) is 6.61 Å². The van der Waals surface area contributed by atoms with Crippen molar-refractivity contribution in [3.63, 3.8) is 0 Å². The van der Waals surface area contributed by atoms with Crippen LogP contribution in [0.1, 0.15) is 20.3 Å². The van der Waals surface area contributed by atoms with Crippen LogP contribution in [0.3, 0.4) is 0 Å². The summed E-state index contributed by atoms with van der Waals surface area (Å²) < 4.78 is 5.72. The van der Waals surface area contributed by atoms with E-state index in [1.54, 1.807) is 0 Å². The zero-order valence-corrected chi connectivity index (χ0v) is 13.3. The lowest BCUT2D eigenvalue weighted by molar-refractivity contribution is 0.216. The number of aliphatic hydroxyl groups is 1. The van der Waals surface area contributed by atoms with E-state index in [2.05, 4.69) is 47.9 Å². The molecule has 21 heavy (non-hydrogen) atoms. The highest BCUT2D eigenvalue weighted by Gasteiger charge is 2.16. The molecule has 1 aromatic carbocycles. The van der Waals surface area contributed by atoms with E-state index < -0.39 is 0 Å². The normalized spacial score (nSPS) is 16.5. The molecule has 4 heteroatoms. The maximum atomic E-state index is 8.88. The zero-order chi connectivity index (χ0) is 15.1. The van der Waals surface area contributed by atoms with Crippen LogP contribution in [0.25, 0.3) is 0 Å². The van der Waals surface area contributed by atoms with Gasteiger partial charge >= 0.3 is 0 Å². The summed E-state index contributed by atoms with van der Waals surface area (Å²) in [6.07, 6.45) is 0.877. The van der Waals surface area contributed by atoms with E-state index in [-0.39, 0.29) is 6.61 Å². The summed E-state index contributed by atoms with van der Waals surface area (Å²) in [6, 6.07) is 8.43. The number of ether oxygens (including phenoxy) is 1. The van der Waals surface area contributed by atoms with Crippen molar-refractivity contribution in [3.05, 3.63) is 24.3 Å². The molecule has 4 nitrogen and oxygen atoms in total. The first-order valence-electron chi connectivity index (χ1n) is 8.00. The first-order valence-corrected chi connectivity index (χ1v) is 8.00. The van der Waals surface area contributed by atoms with Crippen molar-refractivity contribution in [2.24, 2.45) is 5.92 Å². The van der Waals surface area contributed by atoms with Crippen LogP contribution in [-0.4, -0.2) is 55.9 Å². The monoisotopic (exact) mass is 292 g/mol. The number of anilines is 1. The molecular weight excluding hydrogens is 264 g/mol. The Labute approximate surface area is 128 Å². The van der Waals surface area contributed by atoms with E-state index in [0.717, 1.165) is 51.5 Å². The maximum Gasteiger partial charge on any atom is 0.119 e. The Kier molecular flexibility index (Phi) is 6.33. The van der Waals surface area contributed by atoms with E-state index in [1.807, 2.05) is 0 Å². The average molecular weight is 292 g/mol. The molecule has 0 spiro atoms. The molecule has 0 amide bonds. The largest absolute Gasteiger partial charge is 0.493 e.